The lowest BCUT2D eigenvalue weighted by Crippen LogP contribution is -2.04. The van der Waals surface area contributed by atoms with Crippen molar-refractivity contribution in [2.75, 3.05) is 0 Å². The largest absolute Gasteiger partial charge is 0.259 e. The van der Waals surface area contributed by atoms with Crippen LogP contribution in [-0.2, 0) is 6.42 Å². The van der Waals surface area contributed by atoms with E-state index in [2.05, 4.69) is 0 Å². The molecule has 2 rings (SSSR count). The lowest BCUT2D eigenvalue weighted by Gasteiger charge is -2.06. The molecular weight excluding hydrogens is 262 g/mol. The van der Waals surface area contributed by atoms with Crippen LogP contribution >= 0.6 is 0 Å². The average molecular weight is 281 g/mol. The second-order valence-corrected chi connectivity index (χ2v) is 5.36. The summed E-state index contributed by atoms with van der Waals surface area (Å²) in [5.74, 6) is 0. The van der Waals surface area contributed by atoms with Crippen molar-refractivity contribution in [1.82, 2.24) is 0 Å². The zero-order chi connectivity index (χ0) is 15.4. The standard InChI is InChI=1S/C18H19NO2/c1-13-8-9-15(3)17(10-13)12-18(19(20)21)11-16-7-5-4-6-14(16)2/h4-11H,12H2,1-3H3/b18-11+. The second-order valence-electron chi connectivity index (χ2n) is 5.36. The van der Waals surface area contributed by atoms with Gasteiger partial charge in [0.1, 0.15) is 0 Å². The Kier molecular flexibility index (Phi) is 4.53. The number of hydrogen-bond donors (Lipinski definition) is 0. The monoisotopic (exact) mass is 281 g/mol. The molecule has 0 saturated heterocycles. The minimum atomic E-state index is -0.284. The Morgan fingerprint density at radius 1 is 1.10 bits per heavy atom. The fourth-order valence-corrected chi connectivity index (χ4v) is 2.28. The fraction of sp³-hybridized carbons (Fsp3) is 0.222. The number of rotatable bonds is 4. The summed E-state index contributed by atoms with van der Waals surface area (Å²) in [6.45, 7) is 5.95. The summed E-state index contributed by atoms with van der Waals surface area (Å²) in [6, 6.07) is 13.7. The van der Waals surface area contributed by atoms with Gasteiger partial charge in [-0.2, -0.15) is 0 Å². The van der Waals surface area contributed by atoms with Crippen LogP contribution in [0, 0.1) is 30.9 Å². The van der Waals surface area contributed by atoms with Crippen LogP contribution in [-0.4, -0.2) is 4.92 Å². The topological polar surface area (TPSA) is 43.1 Å². The van der Waals surface area contributed by atoms with Crippen LogP contribution in [0.3, 0.4) is 0 Å². The Bertz CT molecular complexity index is 702. The molecule has 3 heteroatoms. The highest BCUT2D eigenvalue weighted by molar-refractivity contribution is 5.55. The van der Waals surface area contributed by atoms with Crippen molar-refractivity contribution >= 4 is 6.08 Å². The molecule has 0 spiro atoms. The van der Waals surface area contributed by atoms with E-state index >= 15 is 0 Å². The van der Waals surface area contributed by atoms with Crippen molar-refractivity contribution in [3.05, 3.63) is 86.1 Å². The quantitative estimate of drug-likeness (QED) is 0.613. The van der Waals surface area contributed by atoms with Gasteiger partial charge in [0.15, 0.2) is 0 Å². The van der Waals surface area contributed by atoms with E-state index in [-0.39, 0.29) is 10.6 Å². The van der Waals surface area contributed by atoms with Gasteiger partial charge in [0.2, 0.25) is 0 Å². The Hall–Kier alpha value is -2.42. The Morgan fingerprint density at radius 3 is 2.48 bits per heavy atom. The van der Waals surface area contributed by atoms with Gasteiger partial charge in [-0.1, -0.05) is 48.0 Å². The predicted molar refractivity (Wildman–Crippen MR) is 85.8 cm³/mol. The van der Waals surface area contributed by atoms with Crippen molar-refractivity contribution in [2.24, 2.45) is 0 Å². The fourth-order valence-electron chi connectivity index (χ4n) is 2.28. The van der Waals surface area contributed by atoms with Crippen molar-refractivity contribution in [3.8, 4) is 0 Å². The van der Waals surface area contributed by atoms with E-state index in [1.165, 1.54) is 0 Å². The summed E-state index contributed by atoms with van der Waals surface area (Å²) < 4.78 is 0. The highest BCUT2D eigenvalue weighted by Crippen LogP contribution is 2.19. The third-order valence-corrected chi connectivity index (χ3v) is 3.62. The summed E-state index contributed by atoms with van der Waals surface area (Å²) in [5, 5.41) is 11.4. The molecule has 0 aliphatic carbocycles. The van der Waals surface area contributed by atoms with Gasteiger partial charge < -0.3 is 0 Å². The number of allylic oxidation sites excluding steroid dienone is 1. The summed E-state index contributed by atoms with van der Waals surface area (Å²) >= 11 is 0. The number of nitro groups is 1. The summed E-state index contributed by atoms with van der Waals surface area (Å²) in [4.78, 5) is 11.1. The van der Waals surface area contributed by atoms with Crippen LogP contribution < -0.4 is 0 Å². The predicted octanol–water partition coefficient (Wildman–Crippen LogP) is 4.47. The van der Waals surface area contributed by atoms with Crippen LogP contribution in [0.1, 0.15) is 27.8 Å². The number of benzene rings is 2. The van der Waals surface area contributed by atoms with E-state index in [0.717, 1.165) is 27.8 Å². The summed E-state index contributed by atoms with van der Waals surface area (Å²) in [5.41, 5.74) is 5.36. The van der Waals surface area contributed by atoms with Gasteiger partial charge in [-0.05, 0) is 43.0 Å². The third-order valence-electron chi connectivity index (χ3n) is 3.62. The van der Waals surface area contributed by atoms with Gasteiger partial charge in [-0.25, -0.2) is 0 Å². The molecule has 0 unspecified atom stereocenters. The van der Waals surface area contributed by atoms with Crippen LogP contribution in [0.2, 0.25) is 0 Å². The van der Waals surface area contributed by atoms with Crippen LogP contribution in [0.15, 0.2) is 48.2 Å². The lowest BCUT2D eigenvalue weighted by atomic mass is 10.00. The maximum absolute atomic E-state index is 11.4. The van der Waals surface area contributed by atoms with Crippen LogP contribution in [0.25, 0.3) is 6.08 Å². The molecule has 0 heterocycles. The molecular formula is C18H19NO2. The van der Waals surface area contributed by atoms with E-state index in [0.29, 0.717) is 6.42 Å². The highest BCUT2D eigenvalue weighted by Gasteiger charge is 2.14. The average Bonchev–Trinajstić information content (AvgIpc) is 2.44. The molecule has 0 radical (unpaired) electrons. The van der Waals surface area contributed by atoms with Crippen molar-refractivity contribution < 1.29 is 4.92 Å². The lowest BCUT2D eigenvalue weighted by molar-refractivity contribution is -0.425. The first-order chi connectivity index (χ1) is 9.97. The third kappa shape index (κ3) is 3.78. The molecule has 0 aliphatic rings. The Labute approximate surface area is 125 Å². The number of hydrogen-bond acceptors (Lipinski definition) is 2. The normalized spacial score (nSPS) is 11.5. The van der Waals surface area contributed by atoms with Crippen LogP contribution in [0.4, 0.5) is 0 Å². The minimum Gasteiger partial charge on any atom is -0.259 e. The van der Waals surface area contributed by atoms with Gasteiger partial charge in [0, 0.05) is 6.08 Å². The molecule has 0 aromatic heterocycles. The van der Waals surface area contributed by atoms with E-state index in [1.54, 1.807) is 6.08 Å². The molecule has 0 aliphatic heterocycles. The highest BCUT2D eigenvalue weighted by atomic mass is 16.6. The first-order valence-electron chi connectivity index (χ1n) is 6.94. The zero-order valence-corrected chi connectivity index (χ0v) is 12.6. The molecule has 0 amide bonds. The van der Waals surface area contributed by atoms with Crippen molar-refractivity contribution in [2.45, 2.75) is 27.2 Å². The first kappa shape index (κ1) is 15.0. The van der Waals surface area contributed by atoms with E-state index < -0.39 is 0 Å². The molecule has 21 heavy (non-hydrogen) atoms. The Balaban J connectivity index is 2.39. The summed E-state index contributed by atoms with van der Waals surface area (Å²) in [6.07, 6.45) is 2.02. The molecule has 2 aromatic rings. The molecule has 0 saturated carbocycles. The molecule has 0 bridgehead atoms. The number of nitrogens with zero attached hydrogens (tertiary/aromatic N) is 1. The van der Waals surface area contributed by atoms with Gasteiger partial charge in [0.05, 0.1) is 11.3 Å². The number of aryl methyl sites for hydroxylation is 3. The SMILES string of the molecule is Cc1ccc(C)c(C/C(=C\c2ccccc2C)[N+](=O)[O-])c1. The van der Waals surface area contributed by atoms with Crippen molar-refractivity contribution in [1.29, 1.82) is 0 Å². The zero-order valence-electron chi connectivity index (χ0n) is 12.6. The molecule has 108 valence electrons. The molecule has 0 atom stereocenters. The maximum atomic E-state index is 11.4. The molecule has 0 N–H and O–H groups in total. The first-order valence-corrected chi connectivity index (χ1v) is 6.94. The minimum absolute atomic E-state index is 0.220. The smallest absolute Gasteiger partial charge is 0.251 e. The van der Waals surface area contributed by atoms with Crippen LogP contribution in [0.5, 0.6) is 0 Å². The molecule has 2 aromatic carbocycles. The van der Waals surface area contributed by atoms with Gasteiger partial charge >= 0.3 is 0 Å². The second kappa shape index (κ2) is 6.35. The van der Waals surface area contributed by atoms with Gasteiger partial charge in [-0.15, -0.1) is 0 Å². The van der Waals surface area contributed by atoms with E-state index in [1.807, 2.05) is 63.2 Å². The Morgan fingerprint density at radius 2 is 1.81 bits per heavy atom. The van der Waals surface area contributed by atoms with Gasteiger partial charge in [0.25, 0.3) is 5.70 Å². The molecule has 3 nitrogen and oxygen atoms in total. The van der Waals surface area contributed by atoms with Gasteiger partial charge in [-0.3, -0.25) is 10.1 Å². The summed E-state index contributed by atoms with van der Waals surface area (Å²) in [7, 11) is 0. The van der Waals surface area contributed by atoms with Crippen molar-refractivity contribution in [3.63, 3.8) is 0 Å². The maximum Gasteiger partial charge on any atom is 0.251 e. The molecule has 0 fully saturated rings. The van der Waals surface area contributed by atoms with E-state index in [4.69, 9.17) is 0 Å². The van der Waals surface area contributed by atoms with E-state index in [9.17, 15) is 10.1 Å².